The van der Waals surface area contributed by atoms with Crippen LogP contribution in [0.2, 0.25) is 0 Å². The Morgan fingerprint density at radius 1 is 1.05 bits per heavy atom. The van der Waals surface area contributed by atoms with Crippen molar-refractivity contribution in [3.05, 3.63) is 65.2 Å². The molecule has 2 aromatic rings. The number of aryl methyl sites for hydroxylation is 2. The van der Waals surface area contributed by atoms with Crippen molar-refractivity contribution in [1.29, 1.82) is 0 Å². The summed E-state index contributed by atoms with van der Waals surface area (Å²) in [6.07, 6.45) is 1.30. The maximum absolute atomic E-state index is 11.1. The lowest BCUT2D eigenvalue weighted by Crippen LogP contribution is -2.00. The number of Topliss-reactive ketones (excluding diaryl/α,β-unsaturated/α-hetero) is 1. The Bertz CT molecular complexity index is 570. The summed E-state index contributed by atoms with van der Waals surface area (Å²) in [6.45, 7) is 4.24. The smallest absolute Gasteiger partial charge is 0.130 e. The molecular formula is C18H20O2. The molecule has 0 heterocycles. The van der Waals surface area contributed by atoms with E-state index in [1.807, 2.05) is 24.3 Å². The minimum absolute atomic E-state index is 0.207. The van der Waals surface area contributed by atoms with Crippen LogP contribution in [0, 0.1) is 6.92 Å². The molecule has 0 N–H and O–H groups in total. The number of ether oxygens (including phenoxy) is 1. The molecule has 0 unspecified atom stereocenters. The van der Waals surface area contributed by atoms with Crippen molar-refractivity contribution in [3.8, 4) is 5.75 Å². The Morgan fingerprint density at radius 3 is 2.45 bits per heavy atom. The summed E-state index contributed by atoms with van der Waals surface area (Å²) in [7, 11) is 0. The molecule has 0 saturated heterocycles. The lowest BCUT2D eigenvalue weighted by molar-refractivity contribution is -0.116. The van der Waals surface area contributed by atoms with Crippen molar-refractivity contribution in [1.82, 2.24) is 0 Å². The monoisotopic (exact) mass is 268 g/mol. The molecule has 2 rings (SSSR count). The van der Waals surface area contributed by atoms with Crippen LogP contribution in [0.5, 0.6) is 5.75 Å². The lowest BCUT2D eigenvalue weighted by Gasteiger charge is -2.11. The van der Waals surface area contributed by atoms with Gasteiger partial charge in [0, 0.05) is 6.42 Å². The molecule has 0 fully saturated rings. The fourth-order valence-electron chi connectivity index (χ4n) is 2.01. The van der Waals surface area contributed by atoms with Gasteiger partial charge in [0.15, 0.2) is 0 Å². The number of hydrogen-bond acceptors (Lipinski definition) is 2. The largest absolute Gasteiger partial charge is 0.489 e. The molecular weight excluding hydrogens is 248 g/mol. The second-order valence-electron chi connectivity index (χ2n) is 5.08. The van der Waals surface area contributed by atoms with Gasteiger partial charge in [-0.25, -0.2) is 0 Å². The molecule has 2 aromatic carbocycles. The van der Waals surface area contributed by atoms with Crippen LogP contribution in [0.15, 0.2) is 48.5 Å². The standard InChI is InChI=1S/C18H20O2/c1-14-7-10-16(11-8-14)13-20-18-6-4-3-5-17(18)12-9-15(2)19/h3-8,10-11H,9,12-13H2,1-2H3. The number of rotatable bonds is 6. The van der Waals surface area contributed by atoms with Crippen LogP contribution in [-0.2, 0) is 17.8 Å². The summed E-state index contributed by atoms with van der Waals surface area (Å²) >= 11 is 0. The Labute approximate surface area is 120 Å². The van der Waals surface area contributed by atoms with E-state index >= 15 is 0 Å². The van der Waals surface area contributed by atoms with Crippen LogP contribution >= 0.6 is 0 Å². The van der Waals surface area contributed by atoms with Crippen molar-refractivity contribution in [2.75, 3.05) is 0 Å². The summed E-state index contributed by atoms with van der Waals surface area (Å²) in [5.41, 5.74) is 3.49. The predicted octanol–water partition coefficient (Wildman–Crippen LogP) is 4.10. The van der Waals surface area contributed by atoms with Gasteiger partial charge in [0.25, 0.3) is 0 Å². The third-order valence-electron chi connectivity index (χ3n) is 3.23. The van der Waals surface area contributed by atoms with E-state index in [0.29, 0.717) is 13.0 Å². The highest BCUT2D eigenvalue weighted by atomic mass is 16.5. The number of carbonyl (C=O) groups is 1. The number of carbonyl (C=O) groups excluding carboxylic acids is 1. The van der Waals surface area contributed by atoms with E-state index in [4.69, 9.17) is 4.74 Å². The van der Waals surface area contributed by atoms with E-state index < -0.39 is 0 Å². The Morgan fingerprint density at radius 2 is 1.75 bits per heavy atom. The van der Waals surface area contributed by atoms with Crippen LogP contribution < -0.4 is 4.74 Å². The molecule has 0 saturated carbocycles. The van der Waals surface area contributed by atoms with Gasteiger partial charge in [-0.15, -0.1) is 0 Å². The first-order valence-electron chi connectivity index (χ1n) is 6.91. The van der Waals surface area contributed by atoms with E-state index in [9.17, 15) is 4.79 Å². The Hall–Kier alpha value is -2.09. The Kier molecular flexibility index (Phi) is 4.94. The summed E-state index contributed by atoms with van der Waals surface area (Å²) in [4.78, 5) is 11.1. The van der Waals surface area contributed by atoms with Gasteiger partial charge in [-0.05, 0) is 37.5 Å². The number of para-hydroxylation sites is 1. The first kappa shape index (κ1) is 14.3. The first-order valence-corrected chi connectivity index (χ1v) is 6.91. The fraction of sp³-hybridized carbons (Fsp3) is 0.278. The van der Waals surface area contributed by atoms with Gasteiger partial charge in [0.2, 0.25) is 0 Å². The van der Waals surface area contributed by atoms with Crippen molar-refractivity contribution < 1.29 is 9.53 Å². The van der Waals surface area contributed by atoms with Gasteiger partial charge in [0.1, 0.15) is 18.1 Å². The summed E-state index contributed by atoms with van der Waals surface area (Å²) in [5.74, 6) is 1.08. The minimum atomic E-state index is 0.207. The third-order valence-corrected chi connectivity index (χ3v) is 3.23. The predicted molar refractivity (Wildman–Crippen MR) is 81.0 cm³/mol. The molecule has 104 valence electrons. The highest BCUT2D eigenvalue weighted by Gasteiger charge is 2.04. The van der Waals surface area contributed by atoms with E-state index in [0.717, 1.165) is 23.3 Å². The number of ketones is 1. The second kappa shape index (κ2) is 6.90. The van der Waals surface area contributed by atoms with Crippen molar-refractivity contribution in [2.45, 2.75) is 33.3 Å². The van der Waals surface area contributed by atoms with E-state index in [2.05, 4.69) is 31.2 Å². The van der Waals surface area contributed by atoms with Crippen molar-refractivity contribution in [3.63, 3.8) is 0 Å². The van der Waals surface area contributed by atoms with Crippen LogP contribution in [0.4, 0.5) is 0 Å². The van der Waals surface area contributed by atoms with Gasteiger partial charge in [-0.1, -0.05) is 48.0 Å². The van der Waals surface area contributed by atoms with E-state index in [1.165, 1.54) is 5.56 Å². The van der Waals surface area contributed by atoms with Gasteiger partial charge < -0.3 is 9.53 Å². The SMILES string of the molecule is CC(=O)CCc1ccccc1OCc1ccc(C)cc1. The zero-order valence-electron chi connectivity index (χ0n) is 12.1. The molecule has 0 spiro atoms. The molecule has 2 heteroatoms. The lowest BCUT2D eigenvalue weighted by atomic mass is 10.1. The summed E-state index contributed by atoms with van der Waals surface area (Å²) in [6, 6.07) is 16.2. The number of benzene rings is 2. The molecule has 0 aliphatic carbocycles. The maximum Gasteiger partial charge on any atom is 0.130 e. The zero-order valence-corrected chi connectivity index (χ0v) is 12.1. The molecule has 0 aliphatic rings. The van der Waals surface area contributed by atoms with Gasteiger partial charge in [-0.2, -0.15) is 0 Å². The highest BCUT2D eigenvalue weighted by molar-refractivity contribution is 5.75. The average Bonchev–Trinajstić information content (AvgIpc) is 2.45. The molecule has 2 nitrogen and oxygen atoms in total. The van der Waals surface area contributed by atoms with Crippen molar-refractivity contribution >= 4 is 5.78 Å². The molecule has 0 bridgehead atoms. The van der Waals surface area contributed by atoms with Crippen LogP contribution in [0.3, 0.4) is 0 Å². The minimum Gasteiger partial charge on any atom is -0.489 e. The second-order valence-corrected chi connectivity index (χ2v) is 5.08. The van der Waals surface area contributed by atoms with Crippen molar-refractivity contribution in [2.24, 2.45) is 0 Å². The van der Waals surface area contributed by atoms with Crippen LogP contribution in [0.25, 0.3) is 0 Å². The molecule has 0 radical (unpaired) electrons. The normalized spacial score (nSPS) is 10.3. The average molecular weight is 268 g/mol. The quantitative estimate of drug-likeness (QED) is 0.788. The fourth-order valence-corrected chi connectivity index (χ4v) is 2.01. The van der Waals surface area contributed by atoms with E-state index in [1.54, 1.807) is 6.92 Å². The first-order chi connectivity index (χ1) is 9.65. The third kappa shape index (κ3) is 4.23. The van der Waals surface area contributed by atoms with Crippen LogP contribution in [0.1, 0.15) is 30.0 Å². The zero-order chi connectivity index (χ0) is 14.4. The summed E-state index contributed by atoms with van der Waals surface area (Å²) in [5, 5.41) is 0. The maximum atomic E-state index is 11.1. The summed E-state index contributed by atoms with van der Waals surface area (Å²) < 4.78 is 5.88. The van der Waals surface area contributed by atoms with Crippen LogP contribution in [-0.4, -0.2) is 5.78 Å². The van der Waals surface area contributed by atoms with Gasteiger partial charge in [0.05, 0.1) is 0 Å². The van der Waals surface area contributed by atoms with Gasteiger partial charge >= 0.3 is 0 Å². The molecule has 0 amide bonds. The van der Waals surface area contributed by atoms with Gasteiger partial charge in [-0.3, -0.25) is 0 Å². The van der Waals surface area contributed by atoms with E-state index in [-0.39, 0.29) is 5.78 Å². The molecule has 20 heavy (non-hydrogen) atoms. The molecule has 0 atom stereocenters. The highest BCUT2D eigenvalue weighted by Crippen LogP contribution is 2.21. The molecule has 0 aromatic heterocycles. The topological polar surface area (TPSA) is 26.3 Å². The number of hydrogen-bond donors (Lipinski definition) is 0. The molecule has 0 aliphatic heterocycles. The Balaban J connectivity index is 2.01.